The van der Waals surface area contributed by atoms with Crippen LogP contribution in [0.5, 0.6) is 0 Å². The highest BCUT2D eigenvalue weighted by molar-refractivity contribution is 5.87. The van der Waals surface area contributed by atoms with E-state index in [0.29, 0.717) is 25.4 Å². The van der Waals surface area contributed by atoms with Crippen molar-refractivity contribution in [2.45, 2.75) is 110 Å². The van der Waals surface area contributed by atoms with E-state index >= 15 is 0 Å². The maximum atomic E-state index is 11.9. The molecule has 3 atom stereocenters. The summed E-state index contributed by atoms with van der Waals surface area (Å²) < 4.78 is 16.3. The van der Waals surface area contributed by atoms with E-state index in [0.717, 1.165) is 24.2 Å². The lowest BCUT2D eigenvalue weighted by Gasteiger charge is -2.38. The zero-order chi connectivity index (χ0) is 30.7. The highest BCUT2D eigenvalue weighted by atomic mass is 16.6. The van der Waals surface area contributed by atoms with Crippen LogP contribution in [0.1, 0.15) is 103 Å². The lowest BCUT2D eigenvalue weighted by atomic mass is 9.67. The third-order valence-electron chi connectivity index (χ3n) is 9.57. The minimum atomic E-state index is -1.08. The molecule has 0 aromatic rings. The van der Waals surface area contributed by atoms with E-state index in [1.54, 1.807) is 0 Å². The third kappa shape index (κ3) is 14.0. The molecule has 2 aliphatic carbocycles. The van der Waals surface area contributed by atoms with Crippen LogP contribution in [-0.2, 0) is 23.8 Å². The van der Waals surface area contributed by atoms with Gasteiger partial charge in [0.25, 0.3) is 0 Å². The van der Waals surface area contributed by atoms with Crippen LogP contribution in [0.25, 0.3) is 0 Å². The SMILES string of the molecule is C=CC(=O)OCC(CC1CCC(C2CCC(CCCCC)CC2)CC1)CC(CCOC(=O)C(=C)CO)COC(O)C=C. The standard InChI is InChI=1S/C35H58O7/c1-5-8-9-10-27-11-15-31(16-12-27)32-17-13-28(14-18-32)21-30(25-42-34(38)7-3)22-29(24-41-33(37)6-2)19-20-40-35(39)26(4)23-36/h6-7,27-33,36-37H,2-5,8-25H2,1H3. The van der Waals surface area contributed by atoms with Crippen LogP contribution in [0.3, 0.4) is 0 Å². The fourth-order valence-corrected chi connectivity index (χ4v) is 7.02. The fraction of sp³-hybridized carbons (Fsp3) is 0.771. The summed E-state index contributed by atoms with van der Waals surface area (Å²) >= 11 is 0. The van der Waals surface area contributed by atoms with E-state index in [-0.39, 0.29) is 30.6 Å². The molecule has 0 aromatic heterocycles. The van der Waals surface area contributed by atoms with E-state index in [1.807, 2.05) is 0 Å². The average Bonchev–Trinajstić information content (AvgIpc) is 3.02. The first-order valence-electron chi connectivity index (χ1n) is 16.5. The van der Waals surface area contributed by atoms with E-state index in [9.17, 15) is 14.7 Å². The van der Waals surface area contributed by atoms with Gasteiger partial charge in [0.2, 0.25) is 0 Å². The third-order valence-corrected chi connectivity index (χ3v) is 9.57. The summed E-state index contributed by atoms with van der Waals surface area (Å²) in [6.07, 6.45) is 19.7. The second kappa shape index (κ2) is 20.9. The number of carbonyl (C=O) groups is 2. The summed E-state index contributed by atoms with van der Waals surface area (Å²) in [5.41, 5.74) is 0.00899. The Bertz CT molecular complexity index is 808. The van der Waals surface area contributed by atoms with Gasteiger partial charge in [-0.2, -0.15) is 0 Å². The minimum absolute atomic E-state index is 0.00899. The minimum Gasteiger partial charge on any atom is -0.462 e. The fourth-order valence-electron chi connectivity index (χ4n) is 7.02. The Balaban J connectivity index is 1.91. The van der Waals surface area contributed by atoms with Crippen LogP contribution in [0.4, 0.5) is 0 Å². The monoisotopic (exact) mass is 590 g/mol. The number of aliphatic hydroxyl groups is 2. The highest BCUT2D eigenvalue weighted by Crippen LogP contribution is 2.43. The highest BCUT2D eigenvalue weighted by Gasteiger charge is 2.32. The molecule has 2 saturated carbocycles. The van der Waals surface area contributed by atoms with Crippen molar-refractivity contribution in [3.8, 4) is 0 Å². The average molecular weight is 591 g/mol. The number of hydrogen-bond acceptors (Lipinski definition) is 7. The van der Waals surface area contributed by atoms with Crippen LogP contribution in [-0.4, -0.2) is 54.9 Å². The predicted molar refractivity (Wildman–Crippen MR) is 166 cm³/mol. The van der Waals surface area contributed by atoms with Gasteiger partial charge in [-0.05, 0) is 86.5 Å². The molecule has 0 aromatic carbocycles. The van der Waals surface area contributed by atoms with Crippen LogP contribution >= 0.6 is 0 Å². The second-order valence-corrected chi connectivity index (χ2v) is 12.7. The Kier molecular flexibility index (Phi) is 18.0. The summed E-state index contributed by atoms with van der Waals surface area (Å²) in [6, 6.07) is 0. The maximum Gasteiger partial charge on any atom is 0.335 e. The number of hydrogen-bond donors (Lipinski definition) is 2. The molecular formula is C35H58O7. The van der Waals surface area contributed by atoms with Crippen molar-refractivity contribution in [1.29, 1.82) is 0 Å². The second-order valence-electron chi connectivity index (χ2n) is 12.7. The Hall–Kier alpha value is -1.96. The van der Waals surface area contributed by atoms with E-state index in [1.165, 1.54) is 89.2 Å². The molecule has 0 aliphatic heterocycles. The van der Waals surface area contributed by atoms with Crippen LogP contribution in [0.15, 0.2) is 37.5 Å². The van der Waals surface area contributed by atoms with Gasteiger partial charge < -0.3 is 24.4 Å². The van der Waals surface area contributed by atoms with Crippen molar-refractivity contribution in [1.82, 2.24) is 0 Å². The zero-order valence-electron chi connectivity index (χ0n) is 26.2. The largest absolute Gasteiger partial charge is 0.462 e. The van der Waals surface area contributed by atoms with E-state index < -0.39 is 24.8 Å². The van der Waals surface area contributed by atoms with Gasteiger partial charge in [-0.3, -0.25) is 0 Å². The van der Waals surface area contributed by atoms with Gasteiger partial charge in [0.15, 0.2) is 6.29 Å². The Labute approximate surface area is 254 Å². The molecular weight excluding hydrogens is 532 g/mol. The van der Waals surface area contributed by atoms with Crippen LogP contribution in [0, 0.1) is 35.5 Å². The molecule has 0 bridgehead atoms. The maximum absolute atomic E-state index is 11.9. The topological polar surface area (TPSA) is 102 Å². The molecule has 2 aliphatic rings. The normalized spacial score (nSPS) is 24.6. The molecule has 0 saturated heterocycles. The molecule has 0 spiro atoms. The first-order chi connectivity index (χ1) is 20.3. The summed E-state index contributed by atoms with van der Waals surface area (Å²) in [5, 5.41) is 19.0. The van der Waals surface area contributed by atoms with Crippen molar-refractivity contribution < 1.29 is 34.0 Å². The number of unbranched alkanes of at least 4 members (excludes halogenated alkanes) is 2. The van der Waals surface area contributed by atoms with Gasteiger partial charge in [-0.15, -0.1) is 0 Å². The van der Waals surface area contributed by atoms with E-state index in [2.05, 4.69) is 26.7 Å². The smallest absolute Gasteiger partial charge is 0.335 e. The van der Waals surface area contributed by atoms with Crippen LogP contribution < -0.4 is 0 Å². The van der Waals surface area contributed by atoms with Crippen molar-refractivity contribution >= 4 is 11.9 Å². The number of esters is 2. The summed E-state index contributed by atoms with van der Waals surface area (Å²) in [7, 11) is 0. The zero-order valence-corrected chi connectivity index (χ0v) is 26.2. The van der Waals surface area contributed by atoms with Crippen LogP contribution in [0.2, 0.25) is 0 Å². The Morgan fingerprint density at radius 1 is 0.905 bits per heavy atom. The van der Waals surface area contributed by atoms with Gasteiger partial charge in [0, 0.05) is 6.08 Å². The number of ether oxygens (including phenoxy) is 3. The first kappa shape index (κ1) is 36.2. The molecule has 2 fully saturated rings. The molecule has 7 heteroatoms. The first-order valence-corrected chi connectivity index (χ1v) is 16.5. The molecule has 240 valence electrons. The number of aliphatic hydroxyl groups excluding tert-OH is 2. The quantitative estimate of drug-likeness (QED) is 0.0492. The molecule has 0 amide bonds. The van der Waals surface area contributed by atoms with Crippen molar-refractivity contribution in [2.75, 3.05) is 26.4 Å². The molecule has 7 nitrogen and oxygen atoms in total. The molecule has 0 radical (unpaired) electrons. The lowest BCUT2D eigenvalue weighted by Crippen LogP contribution is -2.28. The molecule has 2 rings (SSSR count). The number of rotatable bonds is 21. The van der Waals surface area contributed by atoms with Crippen molar-refractivity contribution in [2.24, 2.45) is 35.5 Å². The van der Waals surface area contributed by atoms with Gasteiger partial charge in [-0.25, -0.2) is 9.59 Å². The lowest BCUT2D eigenvalue weighted by molar-refractivity contribution is -0.142. The Morgan fingerprint density at radius 3 is 2.12 bits per heavy atom. The summed E-state index contributed by atoms with van der Waals surface area (Å²) in [4.78, 5) is 23.8. The molecule has 2 N–H and O–H groups in total. The van der Waals surface area contributed by atoms with Gasteiger partial charge in [-0.1, -0.05) is 78.0 Å². The van der Waals surface area contributed by atoms with Gasteiger partial charge >= 0.3 is 11.9 Å². The van der Waals surface area contributed by atoms with Gasteiger partial charge in [0.1, 0.15) is 0 Å². The van der Waals surface area contributed by atoms with Gasteiger partial charge in [0.05, 0.1) is 32.0 Å². The van der Waals surface area contributed by atoms with E-state index in [4.69, 9.17) is 19.3 Å². The van der Waals surface area contributed by atoms with Crippen molar-refractivity contribution in [3.63, 3.8) is 0 Å². The number of carbonyl (C=O) groups excluding carboxylic acids is 2. The molecule has 3 unspecified atom stereocenters. The Morgan fingerprint density at radius 2 is 1.55 bits per heavy atom. The predicted octanol–water partition coefficient (Wildman–Crippen LogP) is 6.92. The summed E-state index contributed by atoms with van der Waals surface area (Å²) in [6.45, 7) is 13.1. The summed E-state index contributed by atoms with van der Waals surface area (Å²) in [5.74, 6) is 2.30. The molecule has 0 heterocycles. The molecule has 42 heavy (non-hydrogen) atoms. The van der Waals surface area contributed by atoms with Crippen molar-refractivity contribution in [3.05, 3.63) is 37.5 Å².